The summed E-state index contributed by atoms with van der Waals surface area (Å²) < 4.78 is 46.2. The normalized spacial score (nSPS) is 25.6. The van der Waals surface area contributed by atoms with E-state index in [-0.39, 0.29) is 56.3 Å². The quantitative estimate of drug-likeness (QED) is 0.0548. The third kappa shape index (κ3) is 20.0. The molecule has 0 spiro atoms. The third-order valence-corrected chi connectivity index (χ3v) is 13.1. The van der Waals surface area contributed by atoms with Crippen molar-refractivity contribution < 1.29 is 96.9 Å². The van der Waals surface area contributed by atoms with E-state index in [1.54, 1.807) is 62.3 Å². The molecule has 466 valence electrons. The lowest BCUT2D eigenvalue weighted by Crippen LogP contribution is -2.71. The minimum absolute atomic E-state index is 0.0325. The lowest BCUT2D eigenvalue weighted by Gasteiger charge is -2.52. The van der Waals surface area contributed by atoms with Gasteiger partial charge in [0.25, 0.3) is 11.4 Å². The number of aliphatic hydroxyl groups is 4. The molecule has 5 rings (SSSR count). The number of nitro groups is 2. The summed E-state index contributed by atoms with van der Waals surface area (Å²) in [6, 6.07) is 4.95. The molecule has 30 nitrogen and oxygen atoms in total. The van der Waals surface area contributed by atoms with Crippen molar-refractivity contribution in [2.24, 2.45) is 5.92 Å². The SMILES string of the molecule is CN(C(=O)OC(C)(C)C)[C@@H]1[C@@H](O)[C@@H](O[C@@H]2[C@@H](O)[C@H](C3OC(CNC(=O)OCc4ccc([N+](=O)[O-])cc4)=CC[C@H]3NC(=O)OCc3ccc([N+](=O)[O-])cc3)[C@@H](NC(=O)OC(C)(C)C)C[C@H]2NC(=O)[C@@H](O)CCNC(=O)OC(C)(C)C)OC[C@]1(C)O. The molecule has 3 aliphatic rings. The first kappa shape index (κ1) is 67.2. The largest absolute Gasteiger partial charge is 0.491 e. The highest BCUT2D eigenvalue weighted by Crippen LogP contribution is 2.39. The van der Waals surface area contributed by atoms with Crippen LogP contribution in [0.5, 0.6) is 0 Å². The fourth-order valence-corrected chi connectivity index (χ4v) is 9.40. The van der Waals surface area contributed by atoms with Crippen molar-refractivity contribution >= 4 is 47.7 Å². The van der Waals surface area contributed by atoms with Gasteiger partial charge in [-0.25, -0.2) is 24.0 Å². The maximum atomic E-state index is 14.0. The minimum atomic E-state index is -1.99. The van der Waals surface area contributed by atoms with Crippen molar-refractivity contribution in [2.45, 2.75) is 185 Å². The third-order valence-electron chi connectivity index (χ3n) is 13.1. The lowest BCUT2D eigenvalue weighted by atomic mass is 9.72. The maximum absolute atomic E-state index is 14.0. The van der Waals surface area contributed by atoms with E-state index in [1.807, 2.05) is 0 Å². The van der Waals surface area contributed by atoms with E-state index in [0.717, 1.165) is 4.90 Å². The molecule has 9 N–H and O–H groups in total. The van der Waals surface area contributed by atoms with Gasteiger partial charge in [0.1, 0.15) is 65.8 Å². The number of non-ortho nitro benzene ring substituents is 2. The molecule has 2 fully saturated rings. The Balaban J connectivity index is 1.54. The smallest absolute Gasteiger partial charge is 0.410 e. The van der Waals surface area contributed by atoms with Crippen molar-refractivity contribution in [1.82, 2.24) is 31.5 Å². The molecule has 1 aliphatic carbocycles. The van der Waals surface area contributed by atoms with Crippen LogP contribution in [0.15, 0.2) is 60.4 Å². The second kappa shape index (κ2) is 28.3. The van der Waals surface area contributed by atoms with Crippen molar-refractivity contribution in [3.63, 3.8) is 0 Å². The Labute approximate surface area is 484 Å². The standard InChI is InChI=1S/C54H78N8O22/c1-51(2,3)82-47(68)55-23-22-37(63)44(66)57-36-24-35(59-49(70)83-52(4,5)6)38(39(64)42(36)81-45-40(65)43(54(10,72)28-79-45)60(11)50(71)84-53(7,8)9)41-34(58-48(69)78-27-30-14-18-32(19-15-30)62(75)76)21-20-33(80-41)25-56-46(67)77-26-29-12-16-31(17-13-29)61(73)74/h12-20,34-43,45,63-65,72H,21-28H2,1-11H3,(H,55,68)(H,56,67)(H,57,66)(H,58,69)(H,59,70)/t34-,35+,36-,37+,38-,39+,40-,41?,42+,43-,45-,54+/m1/s1. The topological polar surface area (TPSA) is 407 Å². The number of rotatable bonds is 19. The molecule has 30 heteroatoms. The second-order valence-corrected chi connectivity index (χ2v) is 23.7. The van der Waals surface area contributed by atoms with Gasteiger partial charge in [-0.15, -0.1) is 0 Å². The van der Waals surface area contributed by atoms with Gasteiger partial charge in [-0.1, -0.05) is 0 Å². The molecule has 1 saturated heterocycles. The van der Waals surface area contributed by atoms with Crippen molar-refractivity contribution in [3.05, 3.63) is 91.7 Å². The molecule has 1 saturated carbocycles. The summed E-state index contributed by atoms with van der Waals surface area (Å²) in [6.45, 7) is 13.9. The summed E-state index contributed by atoms with van der Waals surface area (Å²) in [5.74, 6) is -2.50. The van der Waals surface area contributed by atoms with Crippen molar-refractivity contribution in [1.29, 1.82) is 0 Å². The van der Waals surface area contributed by atoms with Gasteiger partial charge in [0.15, 0.2) is 6.29 Å². The van der Waals surface area contributed by atoms with Crippen LogP contribution in [0.4, 0.5) is 35.3 Å². The molecule has 2 heterocycles. The number of carbonyl (C=O) groups excluding carboxylic acids is 6. The van der Waals surface area contributed by atoms with Gasteiger partial charge < -0.3 is 89.8 Å². The van der Waals surface area contributed by atoms with E-state index in [9.17, 15) is 69.4 Å². The Kier molecular flexibility index (Phi) is 22.6. The van der Waals surface area contributed by atoms with Gasteiger partial charge in [-0.2, -0.15) is 0 Å². The van der Waals surface area contributed by atoms with Gasteiger partial charge in [0, 0.05) is 49.8 Å². The van der Waals surface area contributed by atoms with E-state index >= 15 is 0 Å². The number of nitro benzene ring substituents is 2. The molecule has 2 aliphatic heterocycles. The van der Waals surface area contributed by atoms with Crippen LogP contribution >= 0.6 is 0 Å². The Hall–Kier alpha value is -7.64. The number of benzene rings is 2. The zero-order valence-corrected chi connectivity index (χ0v) is 48.7. The van der Waals surface area contributed by atoms with Crippen LogP contribution in [0.25, 0.3) is 0 Å². The number of alkyl carbamates (subject to hydrolysis) is 4. The van der Waals surface area contributed by atoms with Gasteiger partial charge >= 0.3 is 30.5 Å². The average molecular weight is 1190 g/mol. The molecule has 0 aromatic heterocycles. The van der Waals surface area contributed by atoms with Crippen LogP contribution in [0.1, 0.15) is 99.6 Å². The minimum Gasteiger partial charge on any atom is -0.491 e. The van der Waals surface area contributed by atoms with Gasteiger partial charge in [-0.05, 0) is 130 Å². The van der Waals surface area contributed by atoms with E-state index in [0.29, 0.717) is 11.1 Å². The Morgan fingerprint density at radius 2 is 1.25 bits per heavy atom. The Morgan fingerprint density at radius 3 is 1.79 bits per heavy atom. The summed E-state index contributed by atoms with van der Waals surface area (Å²) in [6.07, 6.45) is -15.0. The molecule has 12 atom stereocenters. The average Bonchev–Trinajstić information content (AvgIpc) is 1.49. The van der Waals surface area contributed by atoms with Crippen LogP contribution < -0.4 is 26.6 Å². The number of likely N-dealkylation sites (N-methyl/N-ethyl adjacent to an activating group) is 1. The first-order valence-corrected chi connectivity index (χ1v) is 26.9. The van der Waals surface area contributed by atoms with Crippen LogP contribution in [0.3, 0.4) is 0 Å². The molecule has 1 unspecified atom stereocenters. The summed E-state index contributed by atoms with van der Waals surface area (Å²) in [7, 11) is 1.27. The van der Waals surface area contributed by atoms with Crippen LogP contribution in [0.2, 0.25) is 0 Å². The predicted molar refractivity (Wildman–Crippen MR) is 292 cm³/mol. The van der Waals surface area contributed by atoms with Crippen LogP contribution in [-0.4, -0.2) is 182 Å². The number of ether oxygens (including phenoxy) is 8. The molecule has 2 aromatic carbocycles. The number of carbonyl (C=O) groups is 6. The number of hydrogen-bond donors (Lipinski definition) is 9. The van der Waals surface area contributed by atoms with E-state index < -0.39 is 149 Å². The lowest BCUT2D eigenvalue weighted by molar-refractivity contribution is -0.385. The first-order chi connectivity index (χ1) is 39.0. The van der Waals surface area contributed by atoms with E-state index in [1.165, 1.54) is 68.6 Å². The Morgan fingerprint density at radius 1 is 0.726 bits per heavy atom. The molecule has 0 radical (unpaired) electrons. The number of aliphatic hydroxyl groups excluding tert-OH is 3. The molecular weight excluding hydrogens is 1110 g/mol. The highest BCUT2D eigenvalue weighted by atomic mass is 16.7. The first-order valence-electron chi connectivity index (χ1n) is 26.9. The molecule has 84 heavy (non-hydrogen) atoms. The van der Waals surface area contributed by atoms with Gasteiger partial charge in [-0.3, -0.25) is 25.0 Å². The number of nitrogens with one attached hydrogen (secondary N) is 5. The number of hydrogen-bond acceptors (Lipinski definition) is 22. The number of nitrogens with zero attached hydrogens (tertiary/aromatic N) is 3. The zero-order valence-electron chi connectivity index (χ0n) is 48.7. The van der Waals surface area contributed by atoms with Gasteiger partial charge in [0.05, 0.1) is 47.2 Å². The highest BCUT2D eigenvalue weighted by molar-refractivity contribution is 5.81. The predicted octanol–water partition coefficient (Wildman–Crippen LogP) is 3.82. The van der Waals surface area contributed by atoms with Gasteiger partial charge in [0.2, 0.25) is 5.91 Å². The van der Waals surface area contributed by atoms with E-state index in [2.05, 4.69) is 26.6 Å². The summed E-state index contributed by atoms with van der Waals surface area (Å²) in [5, 5.41) is 83.4. The molecule has 0 bridgehead atoms. The van der Waals surface area contributed by atoms with E-state index in [4.69, 9.17) is 37.9 Å². The van der Waals surface area contributed by atoms with Crippen molar-refractivity contribution in [3.8, 4) is 0 Å². The number of amides is 6. The van der Waals surface area contributed by atoms with Crippen LogP contribution in [0, 0.1) is 26.1 Å². The Bertz CT molecular complexity index is 2670. The molecule has 6 amide bonds. The van der Waals surface area contributed by atoms with Crippen molar-refractivity contribution in [2.75, 3.05) is 26.7 Å². The maximum Gasteiger partial charge on any atom is 0.410 e. The zero-order chi connectivity index (χ0) is 62.6. The fraction of sp³-hybridized carbons (Fsp3) is 0.630. The summed E-state index contributed by atoms with van der Waals surface area (Å²) in [5.41, 5.74) is -4.53. The monoisotopic (exact) mass is 1190 g/mol. The highest BCUT2D eigenvalue weighted by Gasteiger charge is 2.57. The summed E-state index contributed by atoms with van der Waals surface area (Å²) >= 11 is 0. The second-order valence-electron chi connectivity index (χ2n) is 23.7. The van der Waals surface area contributed by atoms with Crippen LogP contribution in [-0.2, 0) is 55.9 Å². The fourth-order valence-electron chi connectivity index (χ4n) is 9.40. The summed E-state index contributed by atoms with van der Waals surface area (Å²) in [4.78, 5) is 103. The molecule has 2 aromatic rings. The molecular formula is C54H78N8O22.